The van der Waals surface area contributed by atoms with Gasteiger partial charge in [-0.05, 0) is 55.3 Å². The molecule has 0 aliphatic carbocycles. The highest BCUT2D eigenvalue weighted by Crippen LogP contribution is 2.19. The number of Topliss-reactive ketones (excluding diaryl/α,β-unsaturated/α-hetero) is 1. The number of likely N-dealkylation sites (N-methyl/N-ethyl adjacent to an activating group) is 1. The van der Waals surface area contributed by atoms with E-state index in [2.05, 4.69) is 10.2 Å². The van der Waals surface area contributed by atoms with E-state index in [9.17, 15) is 14.4 Å². The molecule has 1 aliphatic heterocycles. The summed E-state index contributed by atoms with van der Waals surface area (Å²) in [5.41, 5.74) is 4.56. The predicted octanol–water partition coefficient (Wildman–Crippen LogP) is 3.20. The molecule has 2 aromatic carbocycles. The van der Waals surface area contributed by atoms with Gasteiger partial charge in [-0.15, -0.1) is 0 Å². The Morgan fingerprint density at radius 3 is 2.31 bits per heavy atom. The lowest BCUT2D eigenvalue weighted by Gasteiger charge is -2.28. The minimum atomic E-state index is -0.277. The first kappa shape index (κ1) is 23.5. The first-order valence-electron chi connectivity index (χ1n) is 10.9. The topological polar surface area (TPSA) is 79.0 Å². The predicted molar refractivity (Wildman–Crippen MR) is 125 cm³/mol. The minimum absolute atomic E-state index is 0.0676. The van der Waals surface area contributed by atoms with Gasteiger partial charge in [0.2, 0.25) is 11.8 Å². The van der Waals surface area contributed by atoms with Crippen LogP contribution in [0.3, 0.4) is 0 Å². The van der Waals surface area contributed by atoms with Gasteiger partial charge in [-0.1, -0.05) is 12.1 Å². The Balaban J connectivity index is 1.44. The normalized spacial score (nSPS) is 13.5. The molecule has 1 heterocycles. The number of anilines is 2. The highest BCUT2D eigenvalue weighted by Gasteiger charge is 2.16. The average Bonchev–Trinajstić information content (AvgIpc) is 2.80. The van der Waals surface area contributed by atoms with Crippen LogP contribution in [-0.2, 0) is 14.3 Å². The van der Waals surface area contributed by atoms with Crippen LogP contribution in [0.4, 0.5) is 11.4 Å². The Bertz CT molecular complexity index is 966. The molecule has 2 amide bonds. The number of carbonyl (C=O) groups excluding carboxylic acids is 3. The Morgan fingerprint density at radius 1 is 0.969 bits per heavy atom. The van der Waals surface area contributed by atoms with Gasteiger partial charge in [0, 0.05) is 49.9 Å². The molecule has 1 aliphatic rings. The van der Waals surface area contributed by atoms with Crippen LogP contribution >= 0.6 is 0 Å². The van der Waals surface area contributed by atoms with Crippen molar-refractivity contribution >= 4 is 29.0 Å². The molecule has 0 atom stereocenters. The van der Waals surface area contributed by atoms with Crippen molar-refractivity contribution in [1.82, 2.24) is 4.90 Å². The van der Waals surface area contributed by atoms with Crippen molar-refractivity contribution in [2.75, 3.05) is 50.1 Å². The second-order valence-corrected chi connectivity index (χ2v) is 8.17. The number of hydrogen-bond donors (Lipinski definition) is 1. The van der Waals surface area contributed by atoms with Crippen molar-refractivity contribution < 1.29 is 19.1 Å². The summed E-state index contributed by atoms with van der Waals surface area (Å²) in [6.07, 6.45) is 0.195. The Hall–Kier alpha value is -3.19. The van der Waals surface area contributed by atoms with E-state index >= 15 is 0 Å². The summed E-state index contributed by atoms with van der Waals surface area (Å²) in [6.45, 7) is 7.02. The van der Waals surface area contributed by atoms with Gasteiger partial charge in [-0.25, -0.2) is 0 Å². The zero-order valence-corrected chi connectivity index (χ0v) is 19.0. The maximum atomic E-state index is 12.4. The molecule has 3 rings (SSSR count). The number of carbonyl (C=O) groups is 3. The number of benzene rings is 2. The average molecular weight is 438 g/mol. The zero-order valence-electron chi connectivity index (χ0n) is 19.0. The van der Waals surface area contributed by atoms with E-state index in [-0.39, 0.29) is 37.0 Å². The lowest BCUT2D eigenvalue weighted by Crippen LogP contribution is -2.36. The molecule has 0 radical (unpaired) electrons. The Kier molecular flexibility index (Phi) is 8.00. The summed E-state index contributed by atoms with van der Waals surface area (Å²) in [4.78, 5) is 40.7. The number of rotatable bonds is 8. The quantitative estimate of drug-likeness (QED) is 0.642. The van der Waals surface area contributed by atoms with Crippen LogP contribution in [-0.4, -0.2) is 62.4 Å². The molecule has 0 saturated carbocycles. The largest absolute Gasteiger partial charge is 0.378 e. The number of nitrogens with one attached hydrogen (secondary N) is 1. The lowest BCUT2D eigenvalue weighted by atomic mass is 10.0. The molecule has 0 bridgehead atoms. The highest BCUT2D eigenvalue weighted by atomic mass is 16.5. The maximum Gasteiger partial charge on any atom is 0.243 e. The van der Waals surface area contributed by atoms with Gasteiger partial charge in [-0.2, -0.15) is 0 Å². The summed E-state index contributed by atoms with van der Waals surface area (Å²) in [7, 11) is 1.57. The summed E-state index contributed by atoms with van der Waals surface area (Å²) >= 11 is 0. The van der Waals surface area contributed by atoms with E-state index in [0.29, 0.717) is 11.3 Å². The smallest absolute Gasteiger partial charge is 0.243 e. The van der Waals surface area contributed by atoms with E-state index in [1.54, 1.807) is 13.1 Å². The van der Waals surface area contributed by atoms with Crippen LogP contribution in [0.5, 0.6) is 0 Å². The van der Waals surface area contributed by atoms with Gasteiger partial charge < -0.3 is 19.9 Å². The van der Waals surface area contributed by atoms with Crippen molar-refractivity contribution in [3.63, 3.8) is 0 Å². The maximum absolute atomic E-state index is 12.4. The third-order valence-corrected chi connectivity index (χ3v) is 5.73. The van der Waals surface area contributed by atoms with Crippen molar-refractivity contribution in [2.24, 2.45) is 0 Å². The third-order valence-electron chi connectivity index (χ3n) is 5.73. The third kappa shape index (κ3) is 6.40. The number of nitrogens with zero attached hydrogens (tertiary/aromatic N) is 2. The van der Waals surface area contributed by atoms with Crippen LogP contribution in [0.25, 0.3) is 0 Å². The van der Waals surface area contributed by atoms with E-state index in [1.165, 1.54) is 4.90 Å². The Morgan fingerprint density at radius 2 is 1.66 bits per heavy atom. The van der Waals surface area contributed by atoms with Gasteiger partial charge >= 0.3 is 0 Å². The molecule has 0 spiro atoms. The molecule has 2 aromatic rings. The number of amides is 2. The molecular formula is C25H31N3O4. The number of aryl methyl sites for hydroxylation is 2. The van der Waals surface area contributed by atoms with Gasteiger partial charge in [0.25, 0.3) is 0 Å². The fourth-order valence-corrected chi connectivity index (χ4v) is 3.55. The first-order chi connectivity index (χ1) is 15.3. The first-order valence-corrected chi connectivity index (χ1v) is 10.9. The second-order valence-electron chi connectivity index (χ2n) is 8.17. The van der Waals surface area contributed by atoms with Crippen molar-refractivity contribution in [1.29, 1.82) is 0 Å². The monoisotopic (exact) mass is 437 g/mol. The fraction of sp³-hybridized carbons (Fsp3) is 0.400. The highest BCUT2D eigenvalue weighted by molar-refractivity contribution is 5.99. The number of morpholine rings is 1. The molecule has 0 aromatic heterocycles. The minimum Gasteiger partial charge on any atom is -0.378 e. The van der Waals surface area contributed by atoms with Gasteiger partial charge in [0.05, 0.1) is 19.8 Å². The zero-order chi connectivity index (χ0) is 23.1. The van der Waals surface area contributed by atoms with Crippen LogP contribution in [0, 0.1) is 13.8 Å². The summed E-state index contributed by atoms with van der Waals surface area (Å²) in [6, 6.07) is 13.2. The molecule has 170 valence electrons. The number of ether oxygens (including phenoxy) is 1. The fourth-order valence-electron chi connectivity index (χ4n) is 3.55. The van der Waals surface area contributed by atoms with Crippen LogP contribution < -0.4 is 10.2 Å². The van der Waals surface area contributed by atoms with Crippen molar-refractivity contribution in [2.45, 2.75) is 26.7 Å². The molecule has 32 heavy (non-hydrogen) atoms. The van der Waals surface area contributed by atoms with E-state index in [4.69, 9.17) is 4.74 Å². The SMILES string of the molecule is Cc1ccc(C(=O)CCC(=O)N(C)CC(=O)Nc2ccc(N3CCOCC3)cc2)cc1C. The van der Waals surface area contributed by atoms with Crippen LogP contribution in [0.15, 0.2) is 42.5 Å². The van der Waals surface area contributed by atoms with Gasteiger partial charge in [0.15, 0.2) is 5.78 Å². The van der Waals surface area contributed by atoms with Gasteiger partial charge in [0.1, 0.15) is 0 Å². The van der Waals surface area contributed by atoms with Gasteiger partial charge in [-0.3, -0.25) is 14.4 Å². The van der Waals surface area contributed by atoms with Crippen molar-refractivity contribution in [3.8, 4) is 0 Å². The molecule has 7 heteroatoms. The number of ketones is 1. The van der Waals surface area contributed by atoms with E-state index in [0.717, 1.165) is 43.1 Å². The molecule has 1 saturated heterocycles. The molecule has 0 unspecified atom stereocenters. The van der Waals surface area contributed by atoms with Crippen LogP contribution in [0.1, 0.15) is 34.3 Å². The molecule has 1 fully saturated rings. The van der Waals surface area contributed by atoms with E-state index < -0.39 is 0 Å². The summed E-state index contributed by atoms with van der Waals surface area (Å²) < 4.78 is 5.37. The number of hydrogen-bond acceptors (Lipinski definition) is 5. The molecule has 1 N–H and O–H groups in total. The van der Waals surface area contributed by atoms with Crippen LogP contribution in [0.2, 0.25) is 0 Å². The van der Waals surface area contributed by atoms with E-state index in [1.807, 2.05) is 50.2 Å². The second kappa shape index (κ2) is 10.9. The summed E-state index contributed by atoms with van der Waals surface area (Å²) in [5, 5.41) is 2.82. The molecular weight excluding hydrogens is 406 g/mol. The lowest BCUT2D eigenvalue weighted by molar-refractivity contribution is -0.133. The van der Waals surface area contributed by atoms with Crippen molar-refractivity contribution in [3.05, 3.63) is 59.2 Å². The standard InChI is InChI=1S/C25H31N3O4/c1-18-4-5-20(16-19(18)2)23(29)10-11-25(31)27(3)17-24(30)26-21-6-8-22(9-7-21)28-12-14-32-15-13-28/h4-9,16H,10-15,17H2,1-3H3,(H,26,30). The molecule has 7 nitrogen and oxygen atoms in total. The Labute approximate surface area is 189 Å². The summed E-state index contributed by atoms with van der Waals surface area (Å²) in [5.74, 6) is -0.583.